The normalized spacial score (nSPS) is 11.5. The second-order valence-corrected chi connectivity index (χ2v) is 7.22. The van der Waals surface area contributed by atoms with Crippen LogP contribution in [0.25, 0.3) is 10.9 Å². The van der Waals surface area contributed by atoms with Crippen molar-refractivity contribution in [1.82, 2.24) is 4.57 Å². The molecule has 0 aliphatic rings. The van der Waals surface area contributed by atoms with Crippen molar-refractivity contribution in [3.63, 3.8) is 0 Å². The Morgan fingerprint density at radius 2 is 1.81 bits per heavy atom. The summed E-state index contributed by atoms with van der Waals surface area (Å²) in [7, 11) is 0. The molecule has 0 saturated heterocycles. The van der Waals surface area contributed by atoms with Crippen molar-refractivity contribution in [2.45, 2.75) is 32.9 Å². The molecule has 0 bridgehead atoms. The van der Waals surface area contributed by atoms with Gasteiger partial charge < -0.3 is 14.4 Å². The van der Waals surface area contributed by atoms with Gasteiger partial charge in [-0.3, -0.25) is 4.79 Å². The van der Waals surface area contributed by atoms with E-state index in [1.807, 2.05) is 37.5 Å². The van der Waals surface area contributed by atoms with Crippen molar-refractivity contribution < 1.29 is 19.4 Å². The van der Waals surface area contributed by atoms with Gasteiger partial charge in [0.2, 0.25) is 0 Å². The molecule has 0 spiro atoms. The molecule has 0 aliphatic carbocycles. The number of esters is 1. The number of fused-ring (bicyclic) bond motifs is 1. The molecule has 0 saturated carbocycles. The van der Waals surface area contributed by atoms with Crippen LogP contribution in [0.2, 0.25) is 0 Å². The maximum absolute atomic E-state index is 12.1. The summed E-state index contributed by atoms with van der Waals surface area (Å²) in [5, 5.41) is 10.4. The minimum absolute atomic E-state index is 0.161. The zero-order valence-electron chi connectivity index (χ0n) is 15.0. The summed E-state index contributed by atoms with van der Waals surface area (Å²) in [5.74, 6) is -0.201. The number of aromatic nitrogens is 1. The van der Waals surface area contributed by atoms with Crippen LogP contribution in [-0.4, -0.2) is 27.5 Å². The third-order valence-electron chi connectivity index (χ3n) is 3.97. The molecule has 3 aromatic rings. The summed E-state index contributed by atoms with van der Waals surface area (Å²) in [6.45, 7) is 5.97. The number of phenolic OH excluding ortho intramolecular Hbond substituents is 1. The van der Waals surface area contributed by atoms with Crippen LogP contribution in [0, 0.1) is 0 Å². The molecule has 5 heteroatoms. The van der Waals surface area contributed by atoms with E-state index in [1.165, 1.54) is 0 Å². The van der Waals surface area contributed by atoms with Gasteiger partial charge in [-0.1, -0.05) is 12.1 Å². The number of carbonyl (C=O) groups is 2. The Balaban J connectivity index is 1.87. The first-order valence-corrected chi connectivity index (χ1v) is 8.36. The lowest BCUT2D eigenvalue weighted by Gasteiger charge is -2.19. The number of aldehydes is 1. The van der Waals surface area contributed by atoms with Gasteiger partial charge in [-0.2, -0.15) is 0 Å². The van der Waals surface area contributed by atoms with E-state index in [1.54, 1.807) is 36.4 Å². The average Bonchev–Trinajstić information content (AvgIpc) is 2.90. The second-order valence-electron chi connectivity index (χ2n) is 7.22. The molecule has 2 aromatic carbocycles. The van der Waals surface area contributed by atoms with Crippen molar-refractivity contribution in [3.05, 3.63) is 65.4 Å². The summed E-state index contributed by atoms with van der Waals surface area (Å²) in [4.78, 5) is 23.5. The quantitative estimate of drug-likeness (QED) is 0.566. The Morgan fingerprint density at radius 3 is 2.42 bits per heavy atom. The number of hydrogen-bond donors (Lipinski definition) is 1. The predicted octanol–water partition coefficient (Wildman–Crippen LogP) is 4.16. The monoisotopic (exact) mass is 351 g/mol. The van der Waals surface area contributed by atoms with Crippen molar-refractivity contribution in [2.75, 3.05) is 0 Å². The van der Waals surface area contributed by atoms with Crippen LogP contribution in [0.4, 0.5) is 0 Å². The Hall–Kier alpha value is -3.08. The Kier molecular flexibility index (Phi) is 4.55. The van der Waals surface area contributed by atoms with Crippen LogP contribution in [-0.2, 0) is 11.3 Å². The Bertz CT molecular complexity index is 962. The molecule has 1 heterocycles. The minimum atomic E-state index is -0.537. The number of carbonyl (C=O) groups excluding carboxylic acids is 2. The molecule has 3 rings (SSSR count). The molecule has 1 N–H and O–H groups in total. The largest absolute Gasteiger partial charge is 0.508 e. The lowest BCUT2D eigenvalue weighted by atomic mass is 10.1. The molecule has 5 nitrogen and oxygen atoms in total. The van der Waals surface area contributed by atoms with Gasteiger partial charge in [0.15, 0.2) is 6.29 Å². The molecule has 134 valence electrons. The van der Waals surface area contributed by atoms with Crippen molar-refractivity contribution >= 4 is 23.2 Å². The molecule has 0 amide bonds. The maximum Gasteiger partial charge on any atom is 0.338 e. The molecule has 0 unspecified atom stereocenters. The van der Waals surface area contributed by atoms with Crippen molar-refractivity contribution in [1.29, 1.82) is 0 Å². The lowest BCUT2D eigenvalue weighted by Crippen LogP contribution is -2.23. The van der Waals surface area contributed by atoms with E-state index in [2.05, 4.69) is 0 Å². The third-order valence-corrected chi connectivity index (χ3v) is 3.97. The van der Waals surface area contributed by atoms with Gasteiger partial charge in [-0.15, -0.1) is 0 Å². The molecule has 26 heavy (non-hydrogen) atoms. The first-order chi connectivity index (χ1) is 12.3. The summed E-state index contributed by atoms with van der Waals surface area (Å²) in [5.41, 5.74) is 2.29. The van der Waals surface area contributed by atoms with Gasteiger partial charge in [0.25, 0.3) is 0 Å². The van der Waals surface area contributed by atoms with E-state index in [9.17, 15) is 14.7 Å². The smallest absolute Gasteiger partial charge is 0.338 e. The number of benzene rings is 2. The third kappa shape index (κ3) is 3.77. The Morgan fingerprint density at radius 1 is 1.12 bits per heavy atom. The van der Waals surface area contributed by atoms with E-state index in [0.717, 1.165) is 22.8 Å². The van der Waals surface area contributed by atoms with Crippen LogP contribution < -0.4 is 0 Å². The minimum Gasteiger partial charge on any atom is -0.508 e. The van der Waals surface area contributed by atoms with Gasteiger partial charge in [-0.05, 0) is 62.7 Å². The van der Waals surface area contributed by atoms with Crippen LogP contribution in [0.1, 0.15) is 47.2 Å². The summed E-state index contributed by atoms with van der Waals surface area (Å²) < 4.78 is 7.24. The van der Waals surface area contributed by atoms with Crippen LogP contribution in [0.15, 0.2) is 48.5 Å². The Labute approximate surface area is 151 Å². The van der Waals surface area contributed by atoms with Gasteiger partial charge >= 0.3 is 5.97 Å². The van der Waals surface area contributed by atoms with E-state index in [4.69, 9.17) is 4.74 Å². The van der Waals surface area contributed by atoms with Gasteiger partial charge in [0, 0.05) is 17.4 Å². The molecule has 0 radical (unpaired) electrons. The van der Waals surface area contributed by atoms with E-state index >= 15 is 0 Å². The number of ether oxygens (including phenoxy) is 1. The summed E-state index contributed by atoms with van der Waals surface area (Å²) in [6, 6.07) is 13.9. The molecular weight excluding hydrogens is 330 g/mol. The van der Waals surface area contributed by atoms with E-state index in [0.29, 0.717) is 17.8 Å². The maximum atomic E-state index is 12.1. The number of nitrogens with zero attached hydrogens (tertiary/aromatic N) is 1. The molecule has 0 aliphatic heterocycles. The lowest BCUT2D eigenvalue weighted by molar-refractivity contribution is 0.00694. The van der Waals surface area contributed by atoms with E-state index < -0.39 is 5.60 Å². The van der Waals surface area contributed by atoms with Gasteiger partial charge in [-0.25, -0.2) is 4.79 Å². The highest BCUT2D eigenvalue weighted by atomic mass is 16.6. The average molecular weight is 351 g/mol. The zero-order valence-corrected chi connectivity index (χ0v) is 15.0. The molecule has 0 atom stereocenters. The van der Waals surface area contributed by atoms with E-state index in [-0.39, 0.29) is 11.7 Å². The molecular formula is C21H21NO4. The molecule has 0 fully saturated rings. The van der Waals surface area contributed by atoms with Crippen LogP contribution >= 0.6 is 0 Å². The number of hydrogen-bond acceptors (Lipinski definition) is 4. The number of aromatic hydroxyl groups is 1. The zero-order chi connectivity index (χ0) is 18.9. The van der Waals surface area contributed by atoms with Crippen LogP contribution in [0.5, 0.6) is 5.75 Å². The first kappa shape index (κ1) is 17.7. The van der Waals surface area contributed by atoms with Gasteiger partial charge in [0.05, 0.1) is 11.3 Å². The predicted molar refractivity (Wildman–Crippen MR) is 99.7 cm³/mol. The topological polar surface area (TPSA) is 68.5 Å². The number of phenols is 1. The fraction of sp³-hybridized carbons (Fsp3) is 0.238. The highest BCUT2D eigenvalue weighted by molar-refractivity contribution is 5.90. The first-order valence-electron chi connectivity index (χ1n) is 8.36. The SMILES string of the molecule is CC(C)(C)OC(=O)c1ccc(Cn2c(C=O)cc3cc(O)ccc32)cc1. The second kappa shape index (κ2) is 6.67. The fourth-order valence-electron chi connectivity index (χ4n) is 2.82. The highest BCUT2D eigenvalue weighted by Gasteiger charge is 2.17. The van der Waals surface area contributed by atoms with Crippen molar-refractivity contribution in [3.8, 4) is 5.75 Å². The van der Waals surface area contributed by atoms with Gasteiger partial charge in [0.1, 0.15) is 11.4 Å². The highest BCUT2D eigenvalue weighted by Crippen LogP contribution is 2.24. The van der Waals surface area contributed by atoms with Crippen LogP contribution in [0.3, 0.4) is 0 Å². The molecule has 1 aromatic heterocycles. The summed E-state index contributed by atoms with van der Waals surface area (Å²) >= 11 is 0. The number of rotatable bonds is 4. The standard InChI is InChI=1S/C21H21NO4/c1-21(2,3)26-20(25)15-6-4-14(5-7-15)12-22-17(13-23)10-16-11-18(24)8-9-19(16)22/h4-11,13,24H,12H2,1-3H3. The fourth-order valence-corrected chi connectivity index (χ4v) is 2.82. The van der Waals surface area contributed by atoms with Crippen molar-refractivity contribution in [2.24, 2.45) is 0 Å². The summed E-state index contributed by atoms with van der Waals surface area (Å²) in [6.07, 6.45) is 0.798.